The number of benzene rings is 1. The van der Waals surface area contributed by atoms with E-state index in [1.54, 1.807) is 6.08 Å². The third kappa shape index (κ3) is 8.75. The minimum absolute atomic E-state index is 0.0249. The highest BCUT2D eigenvalue weighted by atomic mass is 28.4. The van der Waals surface area contributed by atoms with Crippen molar-refractivity contribution in [1.29, 1.82) is 0 Å². The summed E-state index contributed by atoms with van der Waals surface area (Å²) in [6, 6.07) is 9.26. The van der Waals surface area contributed by atoms with E-state index in [-0.39, 0.29) is 18.2 Å². The molecule has 1 aromatic rings. The number of rotatable bonds is 8. The van der Waals surface area contributed by atoms with Crippen molar-refractivity contribution >= 4 is 14.2 Å². The zero-order valence-electron chi connectivity index (χ0n) is 16.8. The lowest BCUT2D eigenvalue weighted by atomic mass is 10.2. The van der Waals surface area contributed by atoms with Gasteiger partial charge in [0.05, 0.1) is 6.61 Å². The van der Waals surface area contributed by atoms with E-state index < -0.39 is 20.4 Å². The number of ether oxygens (including phenoxy) is 1. The van der Waals surface area contributed by atoms with Crippen LogP contribution in [0.4, 0.5) is 13.2 Å². The maximum absolute atomic E-state index is 13.0. The summed E-state index contributed by atoms with van der Waals surface area (Å²) in [7, 11) is -1.86. The Balaban J connectivity index is 2.48. The Morgan fingerprint density at radius 2 is 1.63 bits per heavy atom. The lowest BCUT2D eigenvalue weighted by Crippen LogP contribution is -2.40. The fraction of sp³-hybridized carbons (Fsp3) is 0.550. The molecule has 0 fully saturated rings. The molecule has 27 heavy (non-hydrogen) atoms. The zero-order valence-corrected chi connectivity index (χ0v) is 17.8. The van der Waals surface area contributed by atoms with Gasteiger partial charge < -0.3 is 9.16 Å². The average molecular weight is 402 g/mol. The van der Waals surface area contributed by atoms with Crippen molar-refractivity contribution in [2.24, 2.45) is 4.99 Å². The maximum Gasteiger partial charge on any atom is 0.468 e. The molecule has 0 unspecified atom stereocenters. The topological polar surface area (TPSA) is 30.8 Å². The normalized spacial score (nSPS) is 14.0. The summed E-state index contributed by atoms with van der Waals surface area (Å²) in [5.41, 5.74) is 0.936. The molecule has 0 aliphatic rings. The molecule has 0 aliphatic heterocycles. The van der Waals surface area contributed by atoms with E-state index in [4.69, 9.17) is 9.16 Å². The van der Waals surface area contributed by atoms with E-state index in [9.17, 15) is 13.2 Å². The largest absolute Gasteiger partial charge is 0.470 e. The van der Waals surface area contributed by atoms with E-state index in [1.165, 1.54) is 6.08 Å². The monoisotopic (exact) mass is 401 g/mol. The molecular formula is C20H30F3NO2Si. The number of hydrogen-bond acceptors (Lipinski definition) is 3. The smallest absolute Gasteiger partial charge is 0.468 e. The van der Waals surface area contributed by atoms with Crippen LogP contribution < -0.4 is 0 Å². The predicted molar refractivity (Wildman–Crippen MR) is 107 cm³/mol. The predicted octanol–water partition coefficient (Wildman–Crippen LogP) is 5.78. The molecule has 0 amide bonds. The van der Waals surface area contributed by atoms with Crippen LogP contribution in [-0.2, 0) is 15.6 Å². The standard InChI is InChI=1S/C20H30F3NO2Si/c1-19(2,3)27(4,5)26-16-10-9-15-25-18(20(21,22)23)24-14-13-17-11-7-6-8-12-17/h6-12H,13-16H2,1-5H3/b10-9-,24-18?. The molecule has 152 valence electrons. The van der Waals surface area contributed by atoms with Crippen LogP contribution in [-0.4, -0.2) is 40.1 Å². The van der Waals surface area contributed by atoms with Crippen molar-refractivity contribution in [3.63, 3.8) is 0 Å². The number of halogens is 3. The molecule has 0 atom stereocenters. The summed E-state index contributed by atoms with van der Waals surface area (Å²) in [5, 5.41) is 0.0895. The highest BCUT2D eigenvalue weighted by Gasteiger charge is 2.38. The summed E-state index contributed by atoms with van der Waals surface area (Å²) >= 11 is 0. The first-order valence-corrected chi connectivity index (χ1v) is 11.9. The van der Waals surface area contributed by atoms with Crippen LogP contribution in [0.25, 0.3) is 0 Å². The molecule has 3 nitrogen and oxygen atoms in total. The molecule has 0 N–H and O–H groups in total. The highest BCUT2D eigenvalue weighted by Crippen LogP contribution is 2.36. The van der Waals surface area contributed by atoms with Gasteiger partial charge in [0.2, 0.25) is 0 Å². The van der Waals surface area contributed by atoms with Crippen molar-refractivity contribution < 1.29 is 22.3 Å². The summed E-state index contributed by atoms with van der Waals surface area (Å²) in [5.74, 6) is -1.19. The molecule has 1 rings (SSSR count). The van der Waals surface area contributed by atoms with Crippen LogP contribution in [0, 0.1) is 0 Å². The van der Waals surface area contributed by atoms with E-state index in [1.807, 2.05) is 30.3 Å². The van der Waals surface area contributed by atoms with Gasteiger partial charge in [0.25, 0.3) is 5.90 Å². The Labute approximate surface area is 161 Å². The molecule has 0 aromatic heterocycles. The van der Waals surface area contributed by atoms with E-state index >= 15 is 0 Å². The van der Waals surface area contributed by atoms with Crippen molar-refractivity contribution in [3.05, 3.63) is 48.0 Å². The van der Waals surface area contributed by atoms with Crippen LogP contribution in [0.3, 0.4) is 0 Å². The van der Waals surface area contributed by atoms with Gasteiger partial charge in [0.1, 0.15) is 6.61 Å². The number of aliphatic imine (C=N–C) groups is 1. The van der Waals surface area contributed by atoms with Crippen LogP contribution in [0.1, 0.15) is 26.3 Å². The van der Waals surface area contributed by atoms with Crippen LogP contribution >= 0.6 is 0 Å². The molecule has 0 spiro atoms. The van der Waals surface area contributed by atoms with Crippen molar-refractivity contribution in [2.45, 2.75) is 51.5 Å². The van der Waals surface area contributed by atoms with Crippen LogP contribution in [0.2, 0.25) is 18.1 Å². The zero-order chi connectivity index (χ0) is 20.6. The quantitative estimate of drug-likeness (QED) is 0.239. The van der Waals surface area contributed by atoms with Crippen LogP contribution in [0.5, 0.6) is 0 Å². The molecule has 0 bridgehead atoms. The molecule has 1 aromatic carbocycles. The Hall–Kier alpha value is -1.60. The van der Waals surface area contributed by atoms with Gasteiger partial charge in [-0.1, -0.05) is 57.2 Å². The van der Waals surface area contributed by atoms with Gasteiger partial charge in [-0.05, 0) is 36.2 Å². The summed E-state index contributed by atoms with van der Waals surface area (Å²) in [6.45, 7) is 10.8. The van der Waals surface area contributed by atoms with Gasteiger partial charge in [-0.3, -0.25) is 0 Å². The summed E-state index contributed by atoms with van der Waals surface area (Å²) in [6.07, 6.45) is -0.938. The molecule has 7 heteroatoms. The SMILES string of the molecule is CC(C)(C)[Si](C)(C)OC/C=C\COC(=NCCc1ccccc1)C(F)(F)F. The lowest BCUT2D eigenvalue weighted by molar-refractivity contribution is -0.0773. The van der Waals surface area contributed by atoms with Crippen molar-refractivity contribution in [3.8, 4) is 0 Å². The molecule has 0 heterocycles. The maximum atomic E-state index is 13.0. The fourth-order valence-electron chi connectivity index (χ4n) is 1.88. The molecule has 0 saturated heterocycles. The Morgan fingerprint density at radius 1 is 1.04 bits per heavy atom. The number of hydrogen-bond donors (Lipinski definition) is 0. The van der Waals surface area contributed by atoms with Gasteiger partial charge in [-0.2, -0.15) is 13.2 Å². The van der Waals surface area contributed by atoms with Crippen LogP contribution in [0.15, 0.2) is 47.5 Å². The third-order valence-corrected chi connectivity index (χ3v) is 9.07. The van der Waals surface area contributed by atoms with E-state index in [2.05, 4.69) is 38.9 Å². The first kappa shape index (κ1) is 23.4. The van der Waals surface area contributed by atoms with Gasteiger partial charge in [0, 0.05) is 6.54 Å². The van der Waals surface area contributed by atoms with E-state index in [0.29, 0.717) is 13.0 Å². The second-order valence-electron chi connectivity index (χ2n) is 7.77. The molecule has 0 aliphatic carbocycles. The lowest BCUT2D eigenvalue weighted by Gasteiger charge is -2.35. The first-order valence-electron chi connectivity index (χ1n) is 9.01. The minimum Gasteiger partial charge on any atom is -0.470 e. The summed E-state index contributed by atoms with van der Waals surface area (Å²) < 4.78 is 49.8. The molecule has 0 radical (unpaired) electrons. The third-order valence-electron chi connectivity index (χ3n) is 4.57. The summed E-state index contributed by atoms with van der Waals surface area (Å²) in [4.78, 5) is 3.59. The number of nitrogens with zero attached hydrogens (tertiary/aromatic N) is 1. The van der Waals surface area contributed by atoms with Gasteiger partial charge in [0.15, 0.2) is 8.32 Å². The van der Waals surface area contributed by atoms with E-state index in [0.717, 1.165) is 5.56 Å². The number of alkyl halides is 3. The Morgan fingerprint density at radius 3 is 2.19 bits per heavy atom. The molecular weight excluding hydrogens is 371 g/mol. The van der Waals surface area contributed by atoms with Crippen molar-refractivity contribution in [2.75, 3.05) is 19.8 Å². The van der Waals surface area contributed by atoms with Gasteiger partial charge in [-0.25, -0.2) is 4.99 Å². The second-order valence-corrected chi connectivity index (χ2v) is 12.6. The minimum atomic E-state index is -4.60. The average Bonchev–Trinajstić information content (AvgIpc) is 2.55. The first-order chi connectivity index (χ1) is 12.4. The molecule has 0 saturated carbocycles. The van der Waals surface area contributed by atoms with Gasteiger partial charge >= 0.3 is 6.18 Å². The van der Waals surface area contributed by atoms with Crippen molar-refractivity contribution in [1.82, 2.24) is 0 Å². The Bertz CT molecular complexity index is 620. The second kappa shape index (κ2) is 10.1. The highest BCUT2D eigenvalue weighted by molar-refractivity contribution is 6.74. The fourth-order valence-corrected chi connectivity index (χ4v) is 2.83. The van der Waals surface area contributed by atoms with Gasteiger partial charge in [-0.15, -0.1) is 0 Å². The Kier molecular flexibility index (Phi) is 8.75.